The number of carboxylic acids is 1. The summed E-state index contributed by atoms with van der Waals surface area (Å²) >= 11 is 0. The van der Waals surface area contributed by atoms with Crippen molar-refractivity contribution < 1.29 is 14.7 Å². The van der Waals surface area contributed by atoms with Crippen LogP contribution in [0.2, 0.25) is 0 Å². The van der Waals surface area contributed by atoms with E-state index in [0.717, 1.165) is 11.4 Å². The van der Waals surface area contributed by atoms with Crippen LogP contribution in [0, 0.1) is 13.8 Å². The Labute approximate surface area is 119 Å². The van der Waals surface area contributed by atoms with Gasteiger partial charge >= 0.3 is 5.97 Å². The van der Waals surface area contributed by atoms with Crippen LogP contribution in [0.4, 0.5) is 0 Å². The van der Waals surface area contributed by atoms with Crippen molar-refractivity contribution in [3.05, 3.63) is 17.5 Å². The van der Waals surface area contributed by atoms with Gasteiger partial charge in [-0.3, -0.25) is 14.3 Å². The standard InChI is InChI=1S/C14H23N3O3/c1-5-14(6-2,8-13(19)20)15-12(18)9-17-11(4)7-10(3)16-17/h7H,5-6,8-9H2,1-4H3,(H,15,18)(H,19,20). The highest BCUT2D eigenvalue weighted by Gasteiger charge is 2.31. The van der Waals surface area contributed by atoms with E-state index in [2.05, 4.69) is 10.4 Å². The van der Waals surface area contributed by atoms with E-state index in [-0.39, 0.29) is 18.9 Å². The molecule has 0 saturated heterocycles. The lowest BCUT2D eigenvalue weighted by Gasteiger charge is -2.31. The van der Waals surface area contributed by atoms with Gasteiger partial charge < -0.3 is 10.4 Å². The van der Waals surface area contributed by atoms with Gasteiger partial charge in [0.15, 0.2) is 0 Å². The zero-order valence-corrected chi connectivity index (χ0v) is 12.6. The number of aryl methyl sites for hydroxylation is 2. The second-order valence-corrected chi connectivity index (χ2v) is 5.19. The summed E-state index contributed by atoms with van der Waals surface area (Å²) in [5.74, 6) is -1.11. The Kier molecular flexibility index (Phi) is 5.30. The molecule has 0 radical (unpaired) electrons. The SMILES string of the molecule is CCC(CC)(CC(=O)O)NC(=O)Cn1nc(C)cc1C. The van der Waals surface area contributed by atoms with E-state index in [9.17, 15) is 9.59 Å². The zero-order valence-electron chi connectivity index (χ0n) is 12.6. The van der Waals surface area contributed by atoms with Crippen LogP contribution in [0.1, 0.15) is 44.5 Å². The first-order chi connectivity index (χ1) is 9.31. The van der Waals surface area contributed by atoms with Crippen molar-refractivity contribution in [3.63, 3.8) is 0 Å². The molecule has 2 N–H and O–H groups in total. The molecule has 1 rings (SSSR count). The molecule has 0 saturated carbocycles. The monoisotopic (exact) mass is 281 g/mol. The predicted molar refractivity (Wildman–Crippen MR) is 75.4 cm³/mol. The first-order valence-corrected chi connectivity index (χ1v) is 6.85. The van der Waals surface area contributed by atoms with Crippen molar-refractivity contribution in [2.75, 3.05) is 0 Å². The molecule has 6 nitrogen and oxygen atoms in total. The van der Waals surface area contributed by atoms with Crippen LogP contribution in [0.5, 0.6) is 0 Å². The first kappa shape index (κ1) is 16.2. The molecule has 0 atom stereocenters. The van der Waals surface area contributed by atoms with E-state index in [1.165, 1.54) is 0 Å². The Bertz CT molecular complexity index is 490. The minimum Gasteiger partial charge on any atom is -0.481 e. The van der Waals surface area contributed by atoms with Crippen molar-refractivity contribution in [3.8, 4) is 0 Å². The third-order valence-electron chi connectivity index (χ3n) is 3.64. The smallest absolute Gasteiger partial charge is 0.305 e. The van der Waals surface area contributed by atoms with E-state index in [1.807, 2.05) is 33.8 Å². The number of aromatic nitrogens is 2. The highest BCUT2D eigenvalue weighted by Crippen LogP contribution is 2.20. The van der Waals surface area contributed by atoms with Crippen molar-refractivity contribution in [1.29, 1.82) is 0 Å². The van der Waals surface area contributed by atoms with E-state index in [1.54, 1.807) is 4.68 Å². The maximum atomic E-state index is 12.1. The van der Waals surface area contributed by atoms with Gasteiger partial charge in [-0.05, 0) is 32.8 Å². The Hall–Kier alpha value is -1.85. The molecule has 112 valence electrons. The highest BCUT2D eigenvalue weighted by atomic mass is 16.4. The first-order valence-electron chi connectivity index (χ1n) is 6.85. The Balaban J connectivity index is 2.76. The fraction of sp³-hybridized carbons (Fsp3) is 0.643. The van der Waals surface area contributed by atoms with Crippen LogP contribution in [0.25, 0.3) is 0 Å². The van der Waals surface area contributed by atoms with Gasteiger partial charge in [0.1, 0.15) is 6.54 Å². The average molecular weight is 281 g/mol. The molecule has 6 heteroatoms. The van der Waals surface area contributed by atoms with E-state index < -0.39 is 11.5 Å². The fourth-order valence-electron chi connectivity index (χ4n) is 2.32. The van der Waals surface area contributed by atoms with Gasteiger partial charge in [0.25, 0.3) is 0 Å². The van der Waals surface area contributed by atoms with Crippen molar-refractivity contribution in [1.82, 2.24) is 15.1 Å². The number of nitrogens with one attached hydrogen (secondary N) is 1. The molecule has 1 aromatic rings. The summed E-state index contributed by atoms with van der Waals surface area (Å²) in [4.78, 5) is 23.1. The molecule has 0 unspecified atom stereocenters. The molecule has 0 aliphatic rings. The average Bonchev–Trinajstić information content (AvgIpc) is 2.66. The Morgan fingerprint density at radius 1 is 1.35 bits per heavy atom. The maximum Gasteiger partial charge on any atom is 0.305 e. The second-order valence-electron chi connectivity index (χ2n) is 5.19. The van der Waals surface area contributed by atoms with Crippen LogP contribution in [-0.2, 0) is 16.1 Å². The predicted octanol–water partition coefficient (Wildman–Crippen LogP) is 1.65. The summed E-state index contributed by atoms with van der Waals surface area (Å²) in [5.41, 5.74) is 1.09. The molecule has 0 spiro atoms. The second kappa shape index (κ2) is 6.54. The van der Waals surface area contributed by atoms with Crippen molar-refractivity contribution in [2.45, 2.75) is 59.0 Å². The number of carboxylic acid groups (broad SMARTS) is 1. The lowest BCUT2D eigenvalue weighted by atomic mass is 9.89. The number of carbonyl (C=O) groups excluding carboxylic acids is 1. The van der Waals surface area contributed by atoms with Crippen LogP contribution in [-0.4, -0.2) is 32.3 Å². The van der Waals surface area contributed by atoms with Crippen molar-refractivity contribution >= 4 is 11.9 Å². The lowest BCUT2D eigenvalue weighted by molar-refractivity contribution is -0.139. The molecule has 0 aliphatic heterocycles. The molecule has 0 fully saturated rings. The van der Waals surface area contributed by atoms with Gasteiger partial charge in [0.05, 0.1) is 17.7 Å². The van der Waals surface area contributed by atoms with E-state index in [0.29, 0.717) is 12.8 Å². The third kappa shape index (κ3) is 4.08. The summed E-state index contributed by atoms with van der Waals surface area (Å²) in [6.45, 7) is 7.64. The van der Waals surface area contributed by atoms with Crippen LogP contribution >= 0.6 is 0 Å². The molecule has 1 amide bonds. The summed E-state index contributed by atoms with van der Waals surface area (Å²) in [6, 6.07) is 1.90. The highest BCUT2D eigenvalue weighted by molar-refractivity contribution is 5.78. The van der Waals surface area contributed by atoms with E-state index >= 15 is 0 Å². The minimum absolute atomic E-state index is 0.0666. The maximum absolute atomic E-state index is 12.1. The molecule has 1 aromatic heterocycles. The van der Waals surface area contributed by atoms with Crippen molar-refractivity contribution in [2.24, 2.45) is 0 Å². The third-order valence-corrected chi connectivity index (χ3v) is 3.64. The van der Waals surface area contributed by atoms with Gasteiger partial charge in [-0.1, -0.05) is 13.8 Å². The lowest BCUT2D eigenvalue weighted by Crippen LogP contribution is -2.50. The van der Waals surface area contributed by atoms with Gasteiger partial charge in [-0.25, -0.2) is 0 Å². The molecular weight excluding hydrogens is 258 g/mol. The number of nitrogens with zero attached hydrogens (tertiary/aromatic N) is 2. The zero-order chi connectivity index (χ0) is 15.3. The minimum atomic E-state index is -0.903. The van der Waals surface area contributed by atoms with Crippen LogP contribution in [0.15, 0.2) is 6.07 Å². The largest absolute Gasteiger partial charge is 0.481 e. The summed E-state index contributed by atoms with van der Waals surface area (Å²) in [7, 11) is 0. The summed E-state index contributed by atoms with van der Waals surface area (Å²) in [5, 5.41) is 16.1. The van der Waals surface area contributed by atoms with Crippen LogP contribution in [0.3, 0.4) is 0 Å². The number of hydrogen-bond donors (Lipinski definition) is 2. The van der Waals surface area contributed by atoms with Gasteiger partial charge in [-0.15, -0.1) is 0 Å². The number of aliphatic carboxylic acids is 1. The fourth-order valence-corrected chi connectivity index (χ4v) is 2.32. The van der Waals surface area contributed by atoms with E-state index in [4.69, 9.17) is 5.11 Å². The summed E-state index contributed by atoms with van der Waals surface area (Å²) in [6.07, 6.45) is 1.10. The number of hydrogen-bond acceptors (Lipinski definition) is 3. The quantitative estimate of drug-likeness (QED) is 0.796. The normalized spacial score (nSPS) is 11.4. The molecule has 0 aliphatic carbocycles. The molecule has 0 bridgehead atoms. The van der Waals surface area contributed by atoms with Crippen LogP contribution < -0.4 is 5.32 Å². The molecular formula is C14H23N3O3. The van der Waals surface area contributed by atoms with Gasteiger partial charge in [0, 0.05) is 5.69 Å². The topological polar surface area (TPSA) is 84.2 Å². The Morgan fingerprint density at radius 3 is 2.35 bits per heavy atom. The summed E-state index contributed by atoms with van der Waals surface area (Å²) < 4.78 is 1.63. The molecule has 20 heavy (non-hydrogen) atoms. The number of carbonyl (C=O) groups is 2. The number of amides is 1. The molecule has 0 aromatic carbocycles. The van der Waals surface area contributed by atoms with Gasteiger partial charge in [0.2, 0.25) is 5.91 Å². The molecule has 1 heterocycles. The van der Waals surface area contributed by atoms with Gasteiger partial charge in [-0.2, -0.15) is 5.10 Å². The Morgan fingerprint density at radius 2 is 1.95 bits per heavy atom. The number of rotatable bonds is 7.